The predicted octanol–water partition coefficient (Wildman–Crippen LogP) is 2.59. The van der Waals surface area contributed by atoms with Gasteiger partial charge in [0.1, 0.15) is 0 Å². The number of rotatable bonds is 10. The van der Waals surface area contributed by atoms with E-state index in [1.165, 1.54) is 42.7 Å². The maximum Gasteiger partial charge on any atom is 0.358 e. The number of hydrogen-bond donors (Lipinski definition) is 2. The minimum atomic E-state index is -4.84. The summed E-state index contributed by atoms with van der Waals surface area (Å²) in [6.45, 7) is 0. The summed E-state index contributed by atoms with van der Waals surface area (Å²) >= 11 is 0. The molecule has 2 N–H and O–H groups in total. The Bertz CT molecular complexity index is 280. The molecule has 0 fully saturated rings. The molecule has 0 aliphatic rings. The van der Waals surface area contributed by atoms with Crippen molar-refractivity contribution in [3.05, 3.63) is 0 Å². The van der Waals surface area contributed by atoms with Crippen molar-refractivity contribution in [3.63, 3.8) is 0 Å². The Kier molecular flexibility index (Phi) is 9.93. The fraction of sp³-hybridized carbons (Fsp3) is 1.00. The van der Waals surface area contributed by atoms with Gasteiger partial charge in [-0.2, -0.15) is 0 Å². The molecule has 0 heterocycles. The largest absolute Gasteiger partial charge is 0.358 e. The molecule has 0 atom stereocenters. The summed E-state index contributed by atoms with van der Waals surface area (Å²) < 4.78 is 41.0. The van der Waals surface area contributed by atoms with Crippen LogP contribution in [0.1, 0.15) is 0 Å². The van der Waals surface area contributed by atoms with Gasteiger partial charge in [-0.05, 0) is 0 Å². The third kappa shape index (κ3) is 3.94. The van der Waals surface area contributed by atoms with Gasteiger partial charge in [-0.1, -0.05) is 0 Å². The third-order valence-electron chi connectivity index (χ3n) is 2.12. The fourth-order valence-electron chi connectivity index (χ4n) is 1.48. The molecule has 0 aliphatic carbocycles. The maximum absolute atomic E-state index is 12.2. The van der Waals surface area contributed by atoms with Gasteiger partial charge in [0.05, 0.1) is 0 Å². The Morgan fingerprint density at radius 1 is 0.700 bits per heavy atom. The summed E-state index contributed by atoms with van der Waals surface area (Å²) in [5.41, 5.74) is 0. The van der Waals surface area contributed by atoms with E-state index < -0.39 is 37.1 Å². The Morgan fingerprint density at radius 2 is 0.900 bits per heavy atom. The van der Waals surface area contributed by atoms with E-state index in [0.717, 1.165) is 0 Å². The molecule has 0 rings (SSSR count). The average Bonchev–Trinajstić information content (AvgIpc) is 2.40. The van der Waals surface area contributed by atoms with Crippen LogP contribution in [0.5, 0.6) is 0 Å². The first-order valence-corrected chi connectivity index (χ1v) is 10.2. The molecular weight excluding hydrogens is 352 g/mol. The molecule has 0 bridgehead atoms. The van der Waals surface area contributed by atoms with Crippen LogP contribution in [0.3, 0.4) is 0 Å². The van der Waals surface area contributed by atoms with Crippen LogP contribution in [0.4, 0.5) is 0 Å². The highest BCUT2D eigenvalue weighted by molar-refractivity contribution is 8.00. The highest BCUT2D eigenvalue weighted by Gasteiger charge is 2.70. The second kappa shape index (κ2) is 9.36. The zero-order chi connectivity index (χ0) is 16.0. The standard InChI is InChI=1S/C7H20O9P4/c1-11-17(12-2)7(20(8,9)10,18(13-3)14-4)19(15-5)16-6/h1-6H3,(H2,8,9,10). The molecule has 0 spiro atoms. The average molecular weight is 372 g/mol. The molecule has 0 saturated heterocycles. The van der Waals surface area contributed by atoms with Crippen LogP contribution in [0, 0.1) is 0 Å². The van der Waals surface area contributed by atoms with Crippen molar-refractivity contribution in [2.45, 2.75) is 4.38 Å². The van der Waals surface area contributed by atoms with Crippen LogP contribution in [-0.4, -0.2) is 56.8 Å². The zero-order valence-corrected chi connectivity index (χ0v) is 15.6. The topological polar surface area (TPSA) is 113 Å². The lowest BCUT2D eigenvalue weighted by molar-refractivity contribution is 0.285. The Labute approximate surface area is 122 Å². The molecule has 13 heteroatoms. The first-order valence-electron chi connectivity index (χ1n) is 5.02. The number of hydrogen-bond acceptors (Lipinski definition) is 7. The SMILES string of the molecule is COP(OC)C(P(OC)OC)(P(OC)OC)P(=O)(O)O. The van der Waals surface area contributed by atoms with Gasteiger partial charge < -0.3 is 36.9 Å². The quantitative estimate of drug-likeness (QED) is 0.559. The minimum Gasteiger partial charge on any atom is -0.336 e. The van der Waals surface area contributed by atoms with Crippen molar-refractivity contribution < 1.29 is 41.5 Å². The normalized spacial score (nSPS) is 13.8. The van der Waals surface area contributed by atoms with E-state index in [2.05, 4.69) is 0 Å². The van der Waals surface area contributed by atoms with Gasteiger partial charge >= 0.3 is 7.60 Å². The monoisotopic (exact) mass is 372 g/mol. The van der Waals surface area contributed by atoms with Crippen molar-refractivity contribution in [3.8, 4) is 0 Å². The van der Waals surface area contributed by atoms with Crippen LogP contribution in [0.25, 0.3) is 0 Å². The van der Waals surface area contributed by atoms with Crippen molar-refractivity contribution in [1.82, 2.24) is 0 Å². The van der Waals surface area contributed by atoms with Crippen molar-refractivity contribution in [2.24, 2.45) is 0 Å². The van der Waals surface area contributed by atoms with Crippen molar-refractivity contribution in [2.75, 3.05) is 42.7 Å². The first kappa shape index (κ1) is 21.2. The van der Waals surface area contributed by atoms with Crippen LogP contribution < -0.4 is 0 Å². The molecule has 0 aromatic heterocycles. The summed E-state index contributed by atoms with van der Waals surface area (Å²) in [5, 5.41) is 0. The van der Waals surface area contributed by atoms with Crippen molar-refractivity contribution >= 4 is 32.7 Å². The van der Waals surface area contributed by atoms with E-state index in [0.29, 0.717) is 0 Å². The predicted molar refractivity (Wildman–Crippen MR) is 77.6 cm³/mol. The van der Waals surface area contributed by atoms with Crippen LogP contribution in [0.2, 0.25) is 0 Å². The van der Waals surface area contributed by atoms with Gasteiger partial charge in [0.15, 0.2) is 0 Å². The molecule has 0 saturated carbocycles. The van der Waals surface area contributed by atoms with Crippen LogP contribution in [0.15, 0.2) is 0 Å². The van der Waals surface area contributed by atoms with Gasteiger partial charge in [-0.15, -0.1) is 0 Å². The molecule has 9 nitrogen and oxygen atoms in total. The summed E-state index contributed by atoms with van der Waals surface area (Å²) in [6, 6.07) is 0. The highest BCUT2D eigenvalue weighted by atomic mass is 31.3. The zero-order valence-electron chi connectivity index (χ0n) is 12.0. The first-order chi connectivity index (χ1) is 9.31. The molecule has 0 amide bonds. The lowest BCUT2D eigenvalue weighted by Gasteiger charge is -2.42. The van der Waals surface area contributed by atoms with Gasteiger partial charge in [0.25, 0.3) is 4.38 Å². The molecule has 0 radical (unpaired) electrons. The molecule has 20 heavy (non-hydrogen) atoms. The van der Waals surface area contributed by atoms with Crippen LogP contribution in [-0.2, 0) is 31.7 Å². The smallest absolute Gasteiger partial charge is 0.336 e. The summed E-state index contributed by atoms with van der Waals surface area (Å²) in [4.78, 5) is 19.8. The summed E-state index contributed by atoms with van der Waals surface area (Å²) in [5.74, 6) is 0. The summed E-state index contributed by atoms with van der Waals surface area (Å²) in [6.07, 6.45) is 0. The van der Waals surface area contributed by atoms with Gasteiger partial charge in [0, 0.05) is 42.7 Å². The maximum atomic E-state index is 12.2. The van der Waals surface area contributed by atoms with Crippen molar-refractivity contribution in [1.29, 1.82) is 0 Å². The molecular formula is C7H20O9P4. The second-order valence-corrected chi connectivity index (χ2v) is 12.6. The van der Waals surface area contributed by atoms with Gasteiger partial charge in [-0.3, -0.25) is 4.57 Å². The Balaban J connectivity index is 6.23. The lowest BCUT2D eigenvalue weighted by Crippen LogP contribution is -2.26. The third-order valence-corrected chi connectivity index (χ3v) is 13.1. The molecule has 0 unspecified atom stereocenters. The molecule has 0 aromatic carbocycles. The van der Waals surface area contributed by atoms with Gasteiger partial charge in [-0.25, -0.2) is 0 Å². The molecule has 0 aromatic rings. The van der Waals surface area contributed by atoms with E-state index >= 15 is 0 Å². The molecule has 122 valence electrons. The second-order valence-electron chi connectivity index (χ2n) is 3.01. The Hall–Kier alpha value is 1.20. The lowest BCUT2D eigenvalue weighted by atomic mass is 11.8. The van der Waals surface area contributed by atoms with E-state index in [1.54, 1.807) is 0 Å². The molecule has 0 aliphatic heterocycles. The van der Waals surface area contributed by atoms with E-state index in [1.807, 2.05) is 0 Å². The van der Waals surface area contributed by atoms with E-state index in [-0.39, 0.29) is 0 Å². The van der Waals surface area contributed by atoms with E-state index in [9.17, 15) is 14.4 Å². The minimum absolute atomic E-state index is 1.28. The summed E-state index contributed by atoms with van der Waals surface area (Å²) in [7, 11) is -3.49. The van der Waals surface area contributed by atoms with E-state index in [4.69, 9.17) is 27.1 Å². The fourth-order valence-corrected chi connectivity index (χ4v) is 12.0. The van der Waals surface area contributed by atoms with Crippen LogP contribution >= 0.6 is 32.7 Å². The van der Waals surface area contributed by atoms with Gasteiger partial charge in [0.2, 0.25) is 25.1 Å². The Morgan fingerprint density at radius 3 is 1.00 bits per heavy atom. The highest BCUT2D eigenvalue weighted by Crippen LogP contribution is 2.92.